The highest BCUT2D eigenvalue weighted by Gasteiger charge is 2.19. The molecule has 0 aliphatic carbocycles. The second-order valence-electron chi connectivity index (χ2n) is 3.85. The summed E-state index contributed by atoms with van der Waals surface area (Å²) in [7, 11) is 0. The van der Waals surface area contributed by atoms with Gasteiger partial charge in [-0.2, -0.15) is 0 Å². The molecule has 2 aromatic rings. The molecule has 2 nitrogen and oxygen atoms in total. The fraction of sp³-hybridized carbons (Fsp3) is 0.143. The van der Waals surface area contributed by atoms with Crippen molar-refractivity contribution in [3.8, 4) is 0 Å². The molecule has 17 heavy (non-hydrogen) atoms. The zero-order valence-corrected chi connectivity index (χ0v) is 10.2. The van der Waals surface area contributed by atoms with Crippen LogP contribution in [0.5, 0.6) is 0 Å². The van der Waals surface area contributed by atoms with Crippen molar-refractivity contribution >= 4 is 17.4 Å². The number of nitrogens with zero attached hydrogens (tertiary/aromatic N) is 1. The predicted molar refractivity (Wildman–Crippen MR) is 68.2 cm³/mol. The Kier molecular flexibility index (Phi) is 3.55. The molecule has 0 saturated carbocycles. The fourth-order valence-electron chi connectivity index (χ4n) is 1.82. The van der Waals surface area contributed by atoms with E-state index >= 15 is 0 Å². The summed E-state index contributed by atoms with van der Waals surface area (Å²) in [6.45, 7) is 1.58. The minimum absolute atomic E-state index is 0.0750. The Hall–Kier alpha value is -1.67. The monoisotopic (exact) mass is 245 g/mol. The van der Waals surface area contributed by atoms with E-state index in [-0.39, 0.29) is 11.7 Å². The SMILES string of the molecule is CC(=O)C(c1ccc(Cl)cc1)c1ccccn1. The molecule has 2 rings (SSSR count). The van der Waals surface area contributed by atoms with Gasteiger partial charge in [-0.15, -0.1) is 0 Å². The lowest BCUT2D eigenvalue weighted by Gasteiger charge is -2.13. The number of ketones is 1. The van der Waals surface area contributed by atoms with Gasteiger partial charge in [-0.3, -0.25) is 9.78 Å². The van der Waals surface area contributed by atoms with Crippen LogP contribution in [-0.4, -0.2) is 10.8 Å². The minimum Gasteiger partial charge on any atom is -0.299 e. The average molecular weight is 246 g/mol. The van der Waals surface area contributed by atoms with Crippen LogP contribution in [0.2, 0.25) is 5.02 Å². The Labute approximate surface area is 105 Å². The van der Waals surface area contributed by atoms with E-state index in [1.54, 1.807) is 25.3 Å². The number of Topliss-reactive ketones (excluding diaryl/α,β-unsaturated/α-hetero) is 1. The zero-order valence-electron chi connectivity index (χ0n) is 9.43. The van der Waals surface area contributed by atoms with Gasteiger partial charge in [0.2, 0.25) is 0 Å². The topological polar surface area (TPSA) is 30.0 Å². The van der Waals surface area contributed by atoms with Crippen LogP contribution in [0.3, 0.4) is 0 Å². The molecular formula is C14H12ClNO. The number of carbonyl (C=O) groups excluding carboxylic acids is 1. The lowest BCUT2D eigenvalue weighted by Crippen LogP contribution is -2.11. The molecule has 1 atom stereocenters. The number of carbonyl (C=O) groups is 1. The van der Waals surface area contributed by atoms with Crippen molar-refractivity contribution in [1.29, 1.82) is 0 Å². The molecule has 1 unspecified atom stereocenters. The molecular weight excluding hydrogens is 234 g/mol. The van der Waals surface area contributed by atoms with E-state index in [2.05, 4.69) is 4.98 Å². The summed E-state index contributed by atoms with van der Waals surface area (Å²) in [6, 6.07) is 12.9. The van der Waals surface area contributed by atoms with Crippen LogP contribution in [-0.2, 0) is 4.79 Å². The highest BCUT2D eigenvalue weighted by molar-refractivity contribution is 6.30. The zero-order chi connectivity index (χ0) is 12.3. The second-order valence-corrected chi connectivity index (χ2v) is 4.29. The highest BCUT2D eigenvalue weighted by Crippen LogP contribution is 2.25. The third-order valence-corrected chi connectivity index (χ3v) is 2.85. The third-order valence-electron chi connectivity index (χ3n) is 2.59. The largest absolute Gasteiger partial charge is 0.299 e. The van der Waals surface area contributed by atoms with Crippen molar-refractivity contribution in [2.24, 2.45) is 0 Å². The first kappa shape index (κ1) is 11.8. The number of hydrogen-bond donors (Lipinski definition) is 0. The van der Waals surface area contributed by atoms with Crippen molar-refractivity contribution in [2.45, 2.75) is 12.8 Å². The number of halogens is 1. The van der Waals surface area contributed by atoms with Crippen molar-refractivity contribution < 1.29 is 4.79 Å². The van der Waals surface area contributed by atoms with Crippen molar-refractivity contribution in [2.75, 3.05) is 0 Å². The molecule has 0 bridgehead atoms. The van der Waals surface area contributed by atoms with Gasteiger partial charge in [-0.05, 0) is 36.8 Å². The molecule has 0 aliphatic heterocycles. The number of hydrogen-bond acceptors (Lipinski definition) is 2. The molecule has 0 amide bonds. The van der Waals surface area contributed by atoms with Crippen molar-refractivity contribution in [3.05, 3.63) is 64.9 Å². The highest BCUT2D eigenvalue weighted by atomic mass is 35.5. The maximum absolute atomic E-state index is 11.8. The minimum atomic E-state index is -0.312. The average Bonchev–Trinajstić information content (AvgIpc) is 2.33. The molecule has 0 spiro atoms. The molecule has 1 aromatic heterocycles. The Balaban J connectivity index is 2.43. The van der Waals surface area contributed by atoms with E-state index in [0.717, 1.165) is 11.3 Å². The van der Waals surface area contributed by atoms with Crippen LogP contribution in [0.25, 0.3) is 0 Å². The second kappa shape index (κ2) is 5.11. The van der Waals surface area contributed by atoms with Gasteiger partial charge >= 0.3 is 0 Å². The van der Waals surface area contributed by atoms with Crippen LogP contribution in [0, 0.1) is 0 Å². The standard InChI is InChI=1S/C14H12ClNO/c1-10(17)14(13-4-2-3-9-16-13)11-5-7-12(15)8-6-11/h2-9,14H,1H3. The predicted octanol–water partition coefficient (Wildman–Crippen LogP) is 3.46. The molecule has 86 valence electrons. The molecule has 3 heteroatoms. The van der Waals surface area contributed by atoms with Gasteiger partial charge in [0.15, 0.2) is 0 Å². The fourth-order valence-corrected chi connectivity index (χ4v) is 1.94. The number of pyridine rings is 1. The van der Waals surface area contributed by atoms with E-state index in [0.29, 0.717) is 5.02 Å². The molecule has 1 aromatic carbocycles. The van der Waals surface area contributed by atoms with E-state index in [1.807, 2.05) is 30.3 Å². The quantitative estimate of drug-likeness (QED) is 0.829. The first-order valence-electron chi connectivity index (χ1n) is 5.35. The molecule has 0 fully saturated rings. The van der Waals surface area contributed by atoms with Gasteiger partial charge in [0.05, 0.1) is 11.6 Å². The maximum Gasteiger partial charge on any atom is 0.143 e. The summed E-state index contributed by atoms with van der Waals surface area (Å²) in [5.41, 5.74) is 1.68. The van der Waals surface area contributed by atoms with E-state index < -0.39 is 0 Å². The Morgan fingerprint density at radius 3 is 2.41 bits per heavy atom. The van der Waals surface area contributed by atoms with Gasteiger partial charge in [0.1, 0.15) is 5.78 Å². The smallest absolute Gasteiger partial charge is 0.143 e. The van der Waals surface area contributed by atoms with Gasteiger partial charge in [0.25, 0.3) is 0 Å². The normalized spacial score (nSPS) is 12.1. The lowest BCUT2D eigenvalue weighted by molar-refractivity contribution is -0.117. The van der Waals surface area contributed by atoms with Gasteiger partial charge in [-0.1, -0.05) is 29.8 Å². The summed E-state index contributed by atoms with van der Waals surface area (Å²) in [5.74, 6) is -0.237. The maximum atomic E-state index is 11.8. The summed E-state index contributed by atoms with van der Waals surface area (Å²) < 4.78 is 0. The first-order valence-corrected chi connectivity index (χ1v) is 5.73. The molecule has 0 saturated heterocycles. The molecule has 1 heterocycles. The van der Waals surface area contributed by atoms with Crippen LogP contribution >= 0.6 is 11.6 Å². The summed E-state index contributed by atoms with van der Waals surface area (Å²) in [6.07, 6.45) is 1.70. The number of aromatic nitrogens is 1. The first-order chi connectivity index (χ1) is 8.18. The molecule has 0 N–H and O–H groups in total. The Bertz CT molecular complexity index is 508. The van der Waals surface area contributed by atoms with Gasteiger partial charge in [0, 0.05) is 11.2 Å². The van der Waals surface area contributed by atoms with Gasteiger partial charge < -0.3 is 0 Å². The summed E-state index contributed by atoms with van der Waals surface area (Å²) in [4.78, 5) is 16.0. The summed E-state index contributed by atoms with van der Waals surface area (Å²) in [5, 5.41) is 0.664. The van der Waals surface area contributed by atoms with Crippen LogP contribution in [0.15, 0.2) is 48.7 Å². The molecule has 0 radical (unpaired) electrons. The van der Waals surface area contributed by atoms with E-state index in [4.69, 9.17) is 11.6 Å². The van der Waals surface area contributed by atoms with E-state index in [9.17, 15) is 4.79 Å². The van der Waals surface area contributed by atoms with Crippen molar-refractivity contribution in [3.63, 3.8) is 0 Å². The number of rotatable bonds is 3. The Morgan fingerprint density at radius 1 is 1.18 bits per heavy atom. The van der Waals surface area contributed by atoms with Crippen LogP contribution < -0.4 is 0 Å². The van der Waals surface area contributed by atoms with Crippen molar-refractivity contribution in [1.82, 2.24) is 4.98 Å². The molecule has 0 aliphatic rings. The van der Waals surface area contributed by atoms with Crippen LogP contribution in [0.4, 0.5) is 0 Å². The van der Waals surface area contributed by atoms with Gasteiger partial charge in [-0.25, -0.2) is 0 Å². The number of benzene rings is 1. The third kappa shape index (κ3) is 2.71. The Morgan fingerprint density at radius 2 is 1.88 bits per heavy atom. The lowest BCUT2D eigenvalue weighted by atomic mass is 9.92. The van der Waals surface area contributed by atoms with E-state index in [1.165, 1.54) is 0 Å². The summed E-state index contributed by atoms with van der Waals surface area (Å²) >= 11 is 5.84. The van der Waals surface area contributed by atoms with Crippen LogP contribution in [0.1, 0.15) is 24.1 Å².